The van der Waals surface area contributed by atoms with Crippen LogP contribution in [-0.4, -0.2) is 19.2 Å². The molecule has 1 aromatic carbocycles. The Balaban J connectivity index is 1.68. The molecular formula is C17H24N2O2. The number of amides is 1. The number of ether oxygens (including phenoxy) is 1. The Labute approximate surface area is 126 Å². The highest BCUT2D eigenvalue weighted by Gasteiger charge is 2.14. The molecule has 1 aromatic rings. The van der Waals surface area contributed by atoms with E-state index in [0.29, 0.717) is 6.42 Å². The summed E-state index contributed by atoms with van der Waals surface area (Å²) in [6.45, 7) is 0. The number of nitrogens with zero attached hydrogens (tertiary/aromatic N) is 1. The van der Waals surface area contributed by atoms with Crippen LogP contribution in [0.25, 0.3) is 0 Å². The molecule has 0 heterocycles. The summed E-state index contributed by atoms with van der Waals surface area (Å²) in [6, 6.07) is 7.53. The average Bonchev–Trinajstić information content (AvgIpc) is 2.54. The molecule has 4 heteroatoms. The number of rotatable bonds is 6. The second-order valence-corrected chi connectivity index (χ2v) is 5.61. The van der Waals surface area contributed by atoms with Crippen LogP contribution in [0, 0.1) is 5.92 Å². The second-order valence-electron chi connectivity index (χ2n) is 5.61. The van der Waals surface area contributed by atoms with Gasteiger partial charge in [-0.15, -0.1) is 0 Å². The first-order valence-corrected chi connectivity index (χ1v) is 7.74. The van der Waals surface area contributed by atoms with Crippen molar-refractivity contribution in [1.29, 1.82) is 0 Å². The van der Waals surface area contributed by atoms with Crippen molar-refractivity contribution in [3.05, 3.63) is 29.8 Å². The second kappa shape index (κ2) is 8.45. The average molecular weight is 288 g/mol. The van der Waals surface area contributed by atoms with Gasteiger partial charge >= 0.3 is 0 Å². The van der Waals surface area contributed by atoms with E-state index in [0.717, 1.165) is 23.7 Å². The van der Waals surface area contributed by atoms with Crippen molar-refractivity contribution >= 4 is 12.1 Å². The summed E-state index contributed by atoms with van der Waals surface area (Å²) >= 11 is 0. The standard InChI is InChI=1S/C17H24N2O2/c1-21-16-10-7-15(8-11-16)13-18-19-17(20)12-9-14-5-3-2-4-6-14/h7-8,10-11,13-14H,2-6,9,12H2,1H3,(H,19,20)/b18-13-. The number of nitrogens with one attached hydrogen (secondary N) is 1. The number of hydrazone groups is 1. The highest BCUT2D eigenvalue weighted by Crippen LogP contribution is 2.27. The van der Waals surface area contributed by atoms with Crippen molar-refractivity contribution in [2.24, 2.45) is 11.0 Å². The quantitative estimate of drug-likeness (QED) is 0.643. The first kappa shape index (κ1) is 15.5. The Hall–Kier alpha value is -1.84. The van der Waals surface area contributed by atoms with Crippen LogP contribution < -0.4 is 10.2 Å². The van der Waals surface area contributed by atoms with Crippen LogP contribution in [0.3, 0.4) is 0 Å². The van der Waals surface area contributed by atoms with E-state index >= 15 is 0 Å². The zero-order valence-corrected chi connectivity index (χ0v) is 12.7. The van der Waals surface area contributed by atoms with Gasteiger partial charge in [-0.25, -0.2) is 5.43 Å². The molecule has 0 spiro atoms. The lowest BCUT2D eigenvalue weighted by molar-refractivity contribution is -0.121. The molecule has 1 aliphatic rings. The summed E-state index contributed by atoms with van der Waals surface area (Å²) < 4.78 is 5.09. The van der Waals surface area contributed by atoms with Gasteiger partial charge in [0.05, 0.1) is 13.3 Å². The van der Waals surface area contributed by atoms with Gasteiger partial charge in [0, 0.05) is 6.42 Å². The maximum atomic E-state index is 11.7. The zero-order chi connectivity index (χ0) is 14.9. The van der Waals surface area contributed by atoms with Gasteiger partial charge in [-0.05, 0) is 42.2 Å². The van der Waals surface area contributed by atoms with Gasteiger partial charge in [0.1, 0.15) is 5.75 Å². The van der Waals surface area contributed by atoms with Crippen molar-refractivity contribution in [3.8, 4) is 5.75 Å². The van der Waals surface area contributed by atoms with Gasteiger partial charge in [0.15, 0.2) is 0 Å². The lowest BCUT2D eigenvalue weighted by Gasteiger charge is -2.20. The number of hydrogen-bond acceptors (Lipinski definition) is 3. The van der Waals surface area contributed by atoms with E-state index in [9.17, 15) is 4.79 Å². The van der Waals surface area contributed by atoms with E-state index in [-0.39, 0.29) is 5.91 Å². The van der Waals surface area contributed by atoms with Crippen LogP contribution in [0.1, 0.15) is 50.5 Å². The molecule has 0 aliphatic heterocycles. The molecule has 1 aliphatic carbocycles. The lowest BCUT2D eigenvalue weighted by Crippen LogP contribution is -2.19. The van der Waals surface area contributed by atoms with Crippen LogP contribution in [-0.2, 0) is 4.79 Å². The molecule has 0 atom stereocenters. The molecular weight excluding hydrogens is 264 g/mol. The number of carbonyl (C=O) groups excluding carboxylic acids is 1. The number of methoxy groups -OCH3 is 1. The topological polar surface area (TPSA) is 50.7 Å². The third-order valence-electron chi connectivity index (χ3n) is 4.02. The Morgan fingerprint density at radius 3 is 2.67 bits per heavy atom. The Kier molecular flexibility index (Phi) is 6.25. The molecule has 4 nitrogen and oxygen atoms in total. The third-order valence-corrected chi connectivity index (χ3v) is 4.02. The SMILES string of the molecule is COc1ccc(/C=N\NC(=O)CCC2CCCCC2)cc1. The molecule has 0 aromatic heterocycles. The van der Waals surface area contributed by atoms with Crippen molar-refractivity contribution in [2.45, 2.75) is 44.9 Å². The van der Waals surface area contributed by atoms with Crippen LogP contribution in [0.15, 0.2) is 29.4 Å². The predicted molar refractivity (Wildman–Crippen MR) is 84.5 cm³/mol. The van der Waals surface area contributed by atoms with Gasteiger partial charge in [-0.1, -0.05) is 32.1 Å². The van der Waals surface area contributed by atoms with Crippen molar-refractivity contribution < 1.29 is 9.53 Å². The smallest absolute Gasteiger partial charge is 0.240 e. The maximum Gasteiger partial charge on any atom is 0.240 e. The summed E-state index contributed by atoms with van der Waals surface area (Å²) in [5.41, 5.74) is 3.53. The summed E-state index contributed by atoms with van der Waals surface area (Å²) in [5.74, 6) is 1.55. The Morgan fingerprint density at radius 1 is 1.29 bits per heavy atom. The zero-order valence-electron chi connectivity index (χ0n) is 12.7. The van der Waals surface area contributed by atoms with Gasteiger partial charge < -0.3 is 4.74 Å². The van der Waals surface area contributed by atoms with Gasteiger partial charge in [0.25, 0.3) is 0 Å². The minimum Gasteiger partial charge on any atom is -0.497 e. The lowest BCUT2D eigenvalue weighted by atomic mass is 9.86. The molecule has 114 valence electrons. The van der Waals surface area contributed by atoms with Crippen molar-refractivity contribution in [2.75, 3.05) is 7.11 Å². The van der Waals surface area contributed by atoms with E-state index in [1.807, 2.05) is 24.3 Å². The molecule has 1 fully saturated rings. The van der Waals surface area contributed by atoms with Gasteiger partial charge in [0.2, 0.25) is 5.91 Å². The molecule has 1 amide bonds. The first-order chi connectivity index (χ1) is 10.3. The molecule has 2 rings (SSSR count). The van der Waals surface area contributed by atoms with E-state index in [1.165, 1.54) is 32.1 Å². The third kappa shape index (κ3) is 5.58. The van der Waals surface area contributed by atoms with Crippen LogP contribution in [0.5, 0.6) is 5.75 Å². The number of hydrogen-bond donors (Lipinski definition) is 1. The van der Waals surface area contributed by atoms with Gasteiger partial charge in [-0.2, -0.15) is 5.10 Å². The minimum absolute atomic E-state index is 0.00494. The molecule has 21 heavy (non-hydrogen) atoms. The molecule has 0 unspecified atom stereocenters. The highest BCUT2D eigenvalue weighted by atomic mass is 16.5. The van der Waals surface area contributed by atoms with E-state index in [4.69, 9.17) is 4.74 Å². The fourth-order valence-electron chi connectivity index (χ4n) is 2.74. The summed E-state index contributed by atoms with van der Waals surface area (Å²) in [5, 5.41) is 4.00. The monoisotopic (exact) mass is 288 g/mol. The minimum atomic E-state index is 0.00494. The Bertz CT molecular complexity index is 462. The number of benzene rings is 1. The molecule has 1 saturated carbocycles. The van der Waals surface area contributed by atoms with Crippen LogP contribution >= 0.6 is 0 Å². The van der Waals surface area contributed by atoms with E-state index in [1.54, 1.807) is 13.3 Å². The summed E-state index contributed by atoms with van der Waals surface area (Å²) in [6.07, 6.45) is 9.77. The summed E-state index contributed by atoms with van der Waals surface area (Å²) in [7, 11) is 1.63. The predicted octanol–water partition coefficient (Wildman–Crippen LogP) is 3.51. The normalized spacial score (nSPS) is 16.0. The molecule has 1 N–H and O–H groups in total. The fourth-order valence-corrected chi connectivity index (χ4v) is 2.74. The molecule has 0 saturated heterocycles. The van der Waals surface area contributed by atoms with E-state index in [2.05, 4.69) is 10.5 Å². The Morgan fingerprint density at radius 2 is 2.00 bits per heavy atom. The van der Waals surface area contributed by atoms with Crippen molar-refractivity contribution in [1.82, 2.24) is 5.43 Å². The van der Waals surface area contributed by atoms with E-state index < -0.39 is 0 Å². The van der Waals surface area contributed by atoms with Crippen LogP contribution in [0.4, 0.5) is 0 Å². The van der Waals surface area contributed by atoms with Crippen molar-refractivity contribution in [3.63, 3.8) is 0 Å². The largest absolute Gasteiger partial charge is 0.497 e. The molecule has 0 radical (unpaired) electrons. The fraction of sp³-hybridized carbons (Fsp3) is 0.529. The first-order valence-electron chi connectivity index (χ1n) is 7.74. The van der Waals surface area contributed by atoms with Crippen LogP contribution in [0.2, 0.25) is 0 Å². The van der Waals surface area contributed by atoms with Gasteiger partial charge in [-0.3, -0.25) is 4.79 Å². The maximum absolute atomic E-state index is 11.7. The summed E-state index contributed by atoms with van der Waals surface area (Å²) in [4.78, 5) is 11.7. The highest BCUT2D eigenvalue weighted by molar-refractivity contribution is 5.82. The number of carbonyl (C=O) groups is 1. The molecule has 0 bridgehead atoms.